The molecule has 2 saturated carbocycles. The fraction of sp³-hybridized carbons (Fsp3) is 0.724. The molecule has 4 N–H and O–H groups in total. The average molecular weight is 561 g/mol. The highest BCUT2D eigenvalue weighted by molar-refractivity contribution is 6.37. The lowest BCUT2D eigenvalue weighted by atomic mass is 9.80. The number of hydrogen-bond acceptors (Lipinski definition) is 7. The van der Waals surface area contributed by atoms with E-state index in [1.807, 2.05) is 13.8 Å². The molecule has 3 aliphatic rings. The molecule has 0 bridgehead atoms. The summed E-state index contributed by atoms with van der Waals surface area (Å²) in [5.74, 6) is -3.16. The Balaban J connectivity index is 1.83. The number of allylic oxidation sites excluding steroid dienone is 1. The molecule has 1 heterocycles. The van der Waals surface area contributed by atoms with Gasteiger partial charge in [0.2, 0.25) is 17.6 Å². The maximum absolute atomic E-state index is 13.9. The molecule has 0 aromatic carbocycles. The molecule has 0 aromatic rings. The first-order chi connectivity index (χ1) is 18.4. The number of ether oxygens (including phenoxy) is 1. The Labute approximate surface area is 236 Å². The lowest BCUT2D eigenvalue weighted by Gasteiger charge is -2.35. The summed E-state index contributed by atoms with van der Waals surface area (Å²) in [4.78, 5) is 78.2. The number of Topliss-reactive ketones (excluding diaryl/α,β-unsaturated/α-hetero) is 2. The van der Waals surface area contributed by atoms with E-state index in [0.717, 1.165) is 19.3 Å². The molecule has 11 heteroatoms. The van der Waals surface area contributed by atoms with Crippen LogP contribution < -0.4 is 16.4 Å². The van der Waals surface area contributed by atoms with Crippen molar-refractivity contribution in [2.24, 2.45) is 28.9 Å². The van der Waals surface area contributed by atoms with Gasteiger partial charge in [0.25, 0.3) is 5.91 Å². The second-order valence-corrected chi connectivity index (χ2v) is 13.2. The predicted molar refractivity (Wildman–Crippen MR) is 147 cm³/mol. The fourth-order valence-electron chi connectivity index (χ4n) is 5.93. The second-order valence-electron chi connectivity index (χ2n) is 13.2. The van der Waals surface area contributed by atoms with Gasteiger partial charge in [0.15, 0.2) is 5.78 Å². The number of rotatable bonds is 12. The van der Waals surface area contributed by atoms with Gasteiger partial charge < -0.3 is 26.0 Å². The van der Waals surface area contributed by atoms with Crippen molar-refractivity contribution < 1.29 is 33.5 Å². The summed E-state index contributed by atoms with van der Waals surface area (Å²) in [6, 6.07) is -3.08. The van der Waals surface area contributed by atoms with Crippen LogP contribution in [0.1, 0.15) is 80.1 Å². The van der Waals surface area contributed by atoms with Crippen molar-refractivity contribution in [3.63, 3.8) is 0 Å². The minimum absolute atomic E-state index is 0.00218. The smallest absolute Gasteiger partial charge is 0.408 e. The van der Waals surface area contributed by atoms with Crippen molar-refractivity contribution in [2.45, 2.75) is 104 Å². The van der Waals surface area contributed by atoms with E-state index in [4.69, 9.17) is 10.5 Å². The minimum atomic E-state index is -1.12. The standard InChI is InChI=1S/C29H44N4O7/c1-15(2)20(34)12-11-18(32-27(39)40-28(3,4)5)26(38)33-14-17-21(29(17,6)7)22(33)25(37)31-19(23(35)24(30)36)13-16-9-8-10-16/h16-19,21-22H,1,8-14H2,2-7H3,(H2,30,36)(H,31,37)(H,32,39)/t17?,18-,19?,21-,22-/m0/s1. The number of carbonyl (C=O) groups excluding carboxylic acids is 6. The van der Waals surface area contributed by atoms with Crippen molar-refractivity contribution in [1.29, 1.82) is 0 Å². The maximum Gasteiger partial charge on any atom is 0.408 e. The zero-order valence-electron chi connectivity index (χ0n) is 24.5. The largest absolute Gasteiger partial charge is 0.444 e. The van der Waals surface area contributed by atoms with Crippen molar-refractivity contribution >= 4 is 35.4 Å². The predicted octanol–water partition coefficient (Wildman–Crippen LogP) is 2.02. The Hall–Kier alpha value is -3.24. The summed E-state index contributed by atoms with van der Waals surface area (Å²) >= 11 is 0. The fourth-order valence-corrected chi connectivity index (χ4v) is 5.93. The van der Waals surface area contributed by atoms with Gasteiger partial charge in [-0.15, -0.1) is 0 Å². The van der Waals surface area contributed by atoms with Crippen molar-refractivity contribution in [2.75, 3.05) is 6.54 Å². The van der Waals surface area contributed by atoms with Crippen LogP contribution in [0, 0.1) is 23.2 Å². The molecule has 0 radical (unpaired) electrons. The van der Waals surface area contributed by atoms with E-state index in [0.29, 0.717) is 12.0 Å². The first-order valence-corrected chi connectivity index (χ1v) is 14.1. The molecular weight excluding hydrogens is 516 g/mol. The van der Waals surface area contributed by atoms with Crippen LogP contribution in [0.2, 0.25) is 0 Å². The summed E-state index contributed by atoms with van der Waals surface area (Å²) in [5, 5.41) is 5.32. The van der Waals surface area contributed by atoms with E-state index in [1.54, 1.807) is 27.7 Å². The third kappa shape index (κ3) is 7.09. The van der Waals surface area contributed by atoms with E-state index in [-0.39, 0.29) is 48.3 Å². The average Bonchev–Trinajstić information content (AvgIpc) is 3.14. The molecule has 2 unspecified atom stereocenters. The van der Waals surface area contributed by atoms with Crippen molar-refractivity contribution in [3.8, 4) is 0 Å². The number of nitrogens with two attached hydrogens (primary N) is 1. The van der Waals surface area contributed by atoms with Gasteiger partial charge in [0.05, 0.1) is 6.04 Å². The van der Waals surface area contributed by atoms with E-state index < -0.39 is 53.3 Å². The monoisotopic (exact) mass is 560 g/mol. The van der Waals surface area contributed by atoms with Crippen LogP contribution in [0.5, 0.6) is 0 Å². The number of piperidine rings is 1. The highest BCUT2D eigenvalue weighted by Gasteiger charge is 2.69. The molecule has 40 heavy (non-hydrogen) atoms. The molecule has 4 amide bonds. The molecule has 1 aliphatic heterocycles. The highest BCUT2D eigenvalue weighted by atomic mass is 16.6. The molecule has 0 spiro atoms. The minimum Gasteiger partial charge on any atom is -0.444 e. The topological polar surface area (TPSA) is 165 Å². The number of nitrogens with zero attached hydrogens (tertiary/aromatic N) is 1. The lowest BCUT2D eigenvalue weighted by Crippen LogP contribution is -2.58. The van der Waals surface area contributed by atoms with Gasteiger partial charge in [-0.1, -0.05) is 39.7 Å². The number of amides is 4. The molecule has 0 aromatic heterocycles. The Morgan fingerprint density at radius 1 is 1.07 bits per heavy atom. The zero-order valence-corrected chi connectivity index (χ0v) is 24.5. The Bertz CT molecular complexity index is 1090. The van der Waals surface area contributed by atoms with Crippen LogP contribution in [0.3, 0.4) is 0 Å². The van der Waals surface area contributed by atoms with E-state index in [1.165, 1.54) is 4.90 Å². The zero-order chi connectivity index (χ0) is 30.2. The van der Waals surface area contributed by atoms with Gasteiger partial charge in [-0.25, -0.2) is 4.79 Å². The van der Waals surface area contributed by atoms with Gasteiger partial charge >= 0.3 is 6.09 Å². The van der Waals surface area contributed by atoms with Crippen LogP contribution in [-0.4, -0.2) is 70.6 Å². The van der Waals surface area contributed by atoms with E-state index in [9.17, 15) is 28.8 Å². The van der Waals surface area contributed by atoms with Crippen LogP contribution >= 0.6 is 0 Å². The SMILES string of the molecule is C=C(C)C(=O)CC[C@H](NC(=O)OC(C)(C)C)C(=O)N1CC2[C@@H]([C@H]1C(=O)NC(CC1CCC1)C(=O)C(N)=O)C2(C)C. The quantitative estimate of drug-likeness (QED) is 0.243. The Morgan fingerprint density at radius 3 is 2.20 bits per heavy atom. The van der Waals surface area contributed by atoms with Gasteiger partial charge in [-0.3, -0.25) is 24.0 Å². The first-order valence-electron chi connectivity index (χ1n) is 14.1. The first kappa shape index (κ1) is 31.3. The number of primary amides is 1. The number of ketones is 2. The summed E-state index contributed by atoms with van der Waals surface area (Å²) < 4.78 is 5.34. The summed E-state index contributed by atoms with van der Waals surface area (Å²) in [7, 11) is 0. The van der Waals surface area contributed by atoms with Crippen LogP contribution in [-0.2, 0) is 28.7 Å². The summed E-state index contributed by atoms with van der Waals surface area (Å²) in [6.07, 6.45) is 2.32. The van der Waals surface area contributed by atoms with E-state index in [2.05, 4.69) is 17.2 Å². The third-order valence-electron chi connectivity index (χ3n) is 8.55. The molecule has 11 nitrogen and oxygen atoms in total. The highest BCUT2D eigenvalue weighted by Crippen LogP contribution is 2.65. The Kier molecular flexibility index (Phi) is 9.16. The lowest BCUT2D eigenvalue weighted by molar-refractivity contribution is -0.144. The van der Waals surface area contributed by atoms with Crippen LogP contribution in [0.4, 0.5) is 4.79 Å². The van der Waals surface area contributed by atoms with Crippen molar-refractivity contribution in [1.82, 2.24) is 15.5 Å². The maximum atomic E-state index is 13.9. The molecule has 5 atom stereocenters. The van der Waals surface area contributed by atoms with Crippen molar-refractivity contribution in [3.05, 3.63) is 12.2 Å². The molecule has 1 saturated heterocycles. The molecule has 222 valence electrons. The van der Waals surface area contributed by atoms with Gasteiger partial charge in [0.1, 0.15) is 17.7 Å². The van der Waals surface area contributed by atoms with Gasteiger partial charge in [0, 0.05) is 13.0 Å². The molecule has 2 aliphatic carbocycles. The number of alkyl carbamates (subject to hydrolysis) is 1. The molecule has 3 rings (SSSR count). The van der Waals surface area contributed by atoms with Gasteiger partial charge in [-0.05, 0) is 69.3 Å². The Morgan fingerprint density at radius 2 is 1.70 bits per heavy atom. The second kappa shape index (κ2) is 11.7. The summed E-state index contributed by atoms with van der Waals surface area (Å²) in [5.41, 5.74) is 4.59. The number of hydrogen-bond donors (Lipinski definition) is 3. The van der Waals surface area contributed by atoms with Crippen LogP contribution in [0.15, 0.2) is 12.2 Å². The normalized spacial score (nSPS) is 24.6. The number of fused-ring (bicyclic) bond motifs is 1. The number of carbonyl (C=O) groups is 6. The van der Waals surface area contributed by atoms with E-state index >= 15 is 0 Å². The molecular formula is C29H44N4O7. The van der Waals surface area contributed by atoms with Crippen LogP contribution in [0.25, 0.3) is 0 Å². The molecule has 3 fully saturated rings. The van der Waals surface area contributed by atoms with Gasteiger partial charge in [-0.2, -0.15) is 0 Å². The third-order valence-corrected chi connectivity index (χ3v) is 8.55. The number of nitrogens with one attached hydrogen (secondary N) is 2. The number of likely N-dealkylation sites (tertiary alicyclic amines) is 1. The summed E-state index contributed by atoms with van der Waals surface area (Å²) in [6.45, 7) is 14.6.